The van der Waals surface area contributed by atoms with Gasteiger partial charge in [0.15, 0.2) is 0 Å². The van der Waals surface area contributed by atoms with Crippen molar-refractivity contribution in [3.8, 4) is 0 Å². The van der Waals surface area contributed by atoms with Gasteiger partial charge in [-0.2, -0.15) is 13.2 Å². The first-order valence-corrected chi connectivity index (χ1v) is 6.93. The van der Waals surface area contributed by atoms with E-state index in [9.17, 15) is 18.3 Å². The Morgan fingerprint density at radius 1 is 1.10 bits per heavy atom. The van der Waals surface area contributed by atoms with Crippen molar-refractivity contribution in [1.29, 1.82) is 0 Å². The van der Waals surface area contributed by atoms with Gasteiger partial charge in [-0.15, -0.1) is 0 Å². The van der Waals surface area contributed by atoms with Crippen LogP contribution in [0, 0.1) is 5.92 Å². The van der Waals surface area contributed by atoms with Crippen molar-refractivity contribution in [2.45, 2.75) is 45.0 Å². The Balaban J connectivity index is 2.73. The Morgan fingerprint density at radius 2 is 1.65 bits per heavy atom. The molecule has 0 aromatic heterocycles. The molecule has 0 amide bonds. The van der Waals surface area contributed by atoms with Gasteiger partial charge >= 0.3 is 6.18 Å². The van der Waals surface area contributed by atoms with E-state index in [-0.39, 0.29) is 18.0 Å². The van der Waals surface area contributed by atoms with E-state index in [1.807, 2.05) is 13.8 Å². The average molecular weight is 289 g/mol. The van der Waals surface area contributed by atoms with Crippen LogP contribution >= 0.6 is 0 Å². The number of hydrogen-bond donors (Lipinski definition) is 2. The van der Waals surface area contributed by atoms with Crippen LogP contribution in [0.15, 0.2) is 30.3 Å². The summed E-state index contributed by atoms with van der Waals surface area (Å²) in [7, 11) is 0. The second-order valence-corrected chi connectivity index (χ2v) is 4.94. The second-order valence-electron chi connectivity index (χ2n) is 4.94. The maximum absolute atomic E-state index is 13.1. The molecule has 0 radical (unpaired) electrons. The molecule has 0 aliphatic heterocycles. The number of aliphatic hydroxyl groups is 1. The number of benzene rings is 1. The summed E-state index contributed by atoms with van der Waals surface area (Å²) in [6.07, 6.45) is -3.64. The lowest BCUT2D eigenvalue weighted by atomic mass is 9.96. The van der Waals surface area contributed by atoms with Gasteiger partial charge in [-0.25, -0.2) is 0 Å². The first-order valence-electron chi connectivity index (χ1n) is 6.93. The molecule has 1 rings (SSSR count). The summed E-state index contributed by atoms with van der Waals surface area (Å²) in [5.74, 6) is 0.0205. The van der Waals surface area contributed by atoms with E-state index in [4.69, 9.17) is 0 Å². The minimum Gasteiger partial charge on any atom is -0.392 e. The topological polar surface area (TPSA) is 32.3 Å². The molecule has 5 heteroatoms. The summed E-state index contributed by atoms with van der Waals surface area (Å²) < 4.78 is 39.2. The first kappa shape index (κ1) is 17.0. The second kappa shape index (κ2) is 7.64. The van der Waals surface area contributed by atoms with Gasteiger partial charge in [0.25, 0.3) is 0 Å². The van der Waals surface area contributed by atoms with Crippen molar-refractivity contribution in [3.05, 3.63) is 35.9 Å². The molecule has 0 saturated heterocycles. The molecule has 20 heavy (non-hydrogen) atoms. The predicted molar refractivity (Wildman–Crippen MR) is 73.3 cm³/mol. The predicted octanol–water partition coefficient (Wildman–Crippen LogP) is 3.68. The number of halogens is 3. The molecule has 0 fully saturated rings. The van der Waals surface area contributed by atoms with Crippen molar-refractivity contribution in [1.82, 2.24) is 5.32 Å². The molecule has 2 nitrogen and oxygen atoms in total. The summed E-state index contributed by atoms with van der Waals surface area (Å²) in [5.41, 5.74) is 0.164. The Morgan fingerprint density at radius 3 is 2.10 bits per heavy atom. The molecule has 2 atom stereocenters. The van der Waals surface area contributed by atoms with Gasteiger partial charge in [-0.3, -0.25) is 5.32 Å². The Bertz CT molecular complexity index is 376. The van der Waals surface area contributed by atoms with Crippen molar-refractivity contribution in [2.75, 3.05) is 6.54 Å². The number of nitrogens with one attached hydrogen (secondary N) is 1. The van der Waals surface area contributed by atoms with Gasteiger partial charge in [-0.05, 0) is 11.5 Å². The maximum atomic E-state index is 13.1. The fourth-order valence-corrected chi connectivity index (χ4v) is 2.31. The molecule has 0 heterocycles. The fraction of sp³-hybridized carbons (Fsp3) is 0.600. The van der Waals surface area contributed by atoms with Crippen LogP contribution in [0.3, 0.4) is 0 Å². The van der Waals surface area contributed by atoms with Gasteiger partial charge in [0.1, 0.15) is 6.04 Å². The average Bonchev–Trinajstić information content (AvgIpc) is 2.40. The van der Waals surface area contributed by atoms with E-state index in [2.05, 4.69) is 5.32 Å². The summed E-state index contributed by atoms with van der Waals surface area (Å²) in [4.78, 5) is 0. The number of aliphatic hydroxyl groups excluding tert-OH is 1. The summed E-state index contributed by atoms with van der Waals surface area (Å²) >= 11 is 0. The van der Waals surface area contributed by atoms with Gasteiger partial charge in [0.2, 0.25) is 0 Å². The van der Waals surface area contributed by atoms with Gasteiger partial charge in [0, 0.05) is 6.54 Å². The molecule has 114 valence electrons. The standard InChI is InChI=1S/C15H22F3NO/c1-3-11(4-2)13(20)10-19-14(15(16,17)18)12-8-6-5-7-9-12/h5-9,11,13-14,19-20H,3-4,10H2,1-2H3. The van der Waals surface area contributed by atoms with Crippen LogP contribution in [0.5, 0.6) is 0 Å². The quantitative estimate of drug-likeness (QED) is 0.802. The van der Waals surface area contributed by atoms with Crippen LogP contribution < -0.4 is 5.32 Å². The zero-order valence-electron chi connectivity index (χ0n) is 11.8. The van der Waals surface area contributed by atoms with E-state index in [0.29, 0.717) is 0 Å². The van der Waals surface area contributed by atoms with Crippen molar-refractivity contribution in [3.63, 3.8) is 0 Å². The first-order chi connectivity index (χ1) is 9.40. The van der Waals surface area contributed by atoms with Crippen molar-refractivity contribution >= 4 is 0 Å². The third-order valence-electron chi connectivity index (χ3n) is 3.58. The zero-order valence-corrected chi connectivity index (χ0v) is 11.8. The van der Waals surface area contributed by atoms with Crippen LogP contribution in [-0.4, -0.2) is 23.9 Å². The number of alkyl halides is 3. The van der Waals surface area contributed by atoms with Crippen LogP contribution in [0.1, 0.15) is 38.3 Å². The Kier molecular flexibility index (Phi) is 6.49. The smallest absolute Gasteiger partial charge is 0.392 e. The largest absolute Gasteiger partial charge is 0.407 e. The monoisotopic (exact) mass is 289 g/mol. The molecule has 0 aliphatic carbocycles. The van der Waals surface area contributed by atoms with Gasteiger partial charge in [0.05, 0.1) is 6.10 Å². The van der Waals surface area contributed by atoms with Crippen molar-refractivity contribution in [2.24, 2.45) is 5.92 Å². The molecular formula is C15H22F3NO. The SMILES string of the molecule is CCC(CC)C(O)CNC(c1ccccc1)C(F)(F)F. The molecule has 0 spiro atoms. The summed E-state index contributed by atoms with van der Waals surface area (Å²) in [6.45, 7) is 3.79. The van der Waals surface area contributed by atoms with E-state index < -0.39 is 18.3 Å². The lowest BCUT2D eigenvalue weighted by Crippen LogP contribution is -2.40. The maximum Gasteiger partial charge on any atom is 0.407 e. The Hall–Kier alpha value is -1.07. The van der Waals surface area contributed by atoms with Crippen LogP contribution in [-0.2, 0) is 0 Å². The molecule has 0 bridgehead atoms. The molecule has 0 saturated carbocycles. The highest BCUT2D eigenvalue weighted by Crippen LogP contribution is 2.32. The van der Waals surface area contributed by atoms with Gasteiger partial charge < -0.3 is 5.11 Å². The minimum atomic E-state index is -4.38. The lowest BCUT2D eigenvalue weighted by molar-refractivity contribution is -0.159. The third-order valence-corrected chi connectivity index (χ3v) is 3.58. The number of hydrogen-bond acceptors (Lipinski definition) is 2. The molecular weight excluding hydrogens is 267 g/mol. The van der Waals surface area contributed by atoms with E-state index in [0.717, 1.165) is 12.8 Å². The van der Waals surface area contributed by atoms with Crippen LogP contribution in [0.4, 0.5) is 13.2 Å². The Labute approximate surface area is 118 Å². The summed E-state index contributed by atoms with van der Waals surface area (Å²) in [6, 6.07) is 5.96. The van der Waals surface area contributed by atoms with E-state index in [1.165, 1.54) is 12.1 Å². The summed E-state index contributed by atoms with van der Waals surface area (Å²) in [5, 5.41) is 12.4. The highest BCUT2D eigenvalue weighted by molar-refractivity contribution is 5.20. The fourth-order valence-electron chi connectivity index (χ4n) is 2.31. The van der Waals surface area contributed by atoms with Crippen molar-refractivity contribution < 1.29 is 18.3 Å². The van der Waals surface area contributed by atoms with E-state index >= 15 is 0 Å². The molecule has 0 aliphatic rings. The van der Waals surface area contributed by atoms with E-state index in [1.54, 1.807) is 18.2 Å². The minimum absolute atomic E-state index is 0.0205. The normalized spacial score (nSPS) is 15.3. The molecule has 2 unspecified atom stereocenters. The molecule has 1 aromatic carbocycles. The third kappa shape index (κ3) is 4.80. The lowest BCUT2D eigenvalue weighted by Gasteiger charge is -2.26. The molecule has 2 N–H and O–H groups in total. The number of rotatable bonds is 7. The van der Waals surface area contributed by atoms with Gasteiger partial charge in [-0.1, -0.05) is 57.0 Å². The highest BCUT2D eigenvalue weighted by atomic mass is 19.4. The van der Waals surface area contributed by atoms with Crippen LogP contribution in [0.25, 0.3) is 0 Å². The highest BCUT2D eigenvalue weighted by Gasteiger charge is 2.40. The zero-order chi connectivity index (χ0) is 15.2. The van der Waals surface area contributed by atoms with Crippen LogP contribution in [0.2, 0.25) is 0 Å². The molecule has 1 aromatic rings.